The zero-order valence-corrected chi connectivity index (χ0v) is 9.52. The molecule has 1 nitrogen and oxygen atoms in total. The number of rotatable bonds is 0. The van der Waals surface area contributed by atoms with Crippen molar-refractivity contribution >= 4 is 0 Å². The second-order valence-electron chi connectivity index (χ2n) is 6.02. The van der Waals surface area contributed by atoms with Crippen LogP contribution in [0.5, 0.6) is 0 Å². The fourth-order valence-corrected chi connectivity index (χ4v) is 2.06. The molecule has 0 bridgehead atoms. The molecule has 78 valence electrons. The Balaban J connectivity index is 2.69. The lowest BCUT2D eigenvalue weighted by Gasteiger charge is -2.46. The molecule has 0 spiro atoms. The molecule has 0 aliphatic carbocycles. The first-order valence-corrected chi connectivity index (χ1v) is 5.10. The second-order valence-corrected chi connectivity index (χ2v) is 6.02. The Hall–Kier alpha value is -0.110. The zero-order valence-electron chi connectivity index (χ0n) is 9.52. The molecule has 1 saturated heterocycles. The lowest BCUT2D eigenvalue weighted by atomic mass is 9.81. The minimum Gasteiger partial charge on any atom is -0.295 e. The summed E-state index contributed by atoms with van der Waals surface area (Å²) in [6, 6.07) is 0. The topological polar surface area (TPSA) is 3.24 Å². The highest BCUT2D eigenvalue weighted by Crippen LogP contribution is 2.33. The molecule has 0 saturated carbocycles. The fraction of sp³-hybridized carbons (Fsp3) is 1.00. The van der Waals surface area contributed by atoms with Crippen LogP contribution in [-0.4, -0.2) is 29.7 Å². The molecule has 1 fully saturated rings. The molecular weight excluding hydrogens is 165 g/mol. The predicted molar refractivity (Wildman–Crippen MR) is 54.6 cm³/mol. The van der Waals surface area contributed by atoms with Gasteiger partial charge >= 0.3 is 0 Å². The predicted octanol–water partition coefficient (Wildman–Crippen LogP) is 2.85. The average Bonchev–Trinajstić information content (AvgIpc) is 1.79. The maximum atomic E-state index is 13.4. The van der Waals surface area contributed by atoms with Crippen molar-refractivity contribution in [2.75, 3.05) is 13.1 Å². The van der Waals surface area contributed by atoms with E-state index >= 15 is 0 Å². The fourth-order valence-electron chi connectivity index (χ4n) is 2.06. The molecule has 2 heteroatoms. The normalized spacial score (nSPS) is 30.5. The van der Waals surface area contributed by atoms with E-state index in [0.29, 0.717) is 13.0 Å². The van der Waals surface area contributed by atoms with Gasteiger partial charge in [0.05, 0.1) is 0 Å². The van der Waals surface area contributed by atoms with E-state index in [-0.39, 0.29) is 11.0 Å². The molecular formula is C11H22FN. The van der Waals surface area contributed by atoms with Crippen molar-refractivity contribution in [1.82, 2.24) is 4.90 Å². The Bertz CT molecular complexity index is 181. The van der Waals surface area contributed by atoms with Crippen LogP contribution in [0.1, 0.15) is 41.0 Å². The van der Waals surface area contributed by atoms with Gasteiger partial charge in [-0.25, -0.2) is 4.39 Å². The molecule has 0 aromatic heterocycles. The molecule has 1 heterocycles. The van der Waals surface area contributed by atoms with Crippen molar-refractivity contribution in [2.45, 2.75) is 52.8 Å². The van der Waals surface area contributed by atoms with Crippen molar-refractivity contribution in [2.24, 2.45) is 5.41 Å². The van der Waals surface area contributed by atoms with Gasteiger partial charge in [-0.2, -0.15) is 0 Å². The summed E-state index contributed by atoms with van der Waals surface area (Å²) in [6.45, 7) is 12.4. The van der Waals surface area contributed by atoms with Crippen molar-refractivity contribution in [3.8, 4) is 0 Å². The first kappa shape index (κ1) is 11.0. The molecule has 0 aromatic rings. The van der Waals surface area contributed by atoms with E-state index < -0.39 is 6.17 Å². The van der Waals surface area contributed by atoms with Gasteiger partial charge < -0.3 is 0 Å². The van der Waals surface area contributed by atoms with Gasteiger partial charge in [0.1, 0.15) is 6.17 Å². The van der Waals surface area contributed by atoms with E-state index in [4.69, 9.17) is 0 Å². The largest absolute Gasteiger partial charge is 0.295 e. The summed E-state index contributed by atoms with van der Waals surface area (Å²) < 4.78 is 13.4. The van der Waals surface area contributed by atoms with Crippen LogP contribution >= 0.6 is 0 Å². The van der Waals surface area contributed by atoms with Crippen LogP contribution in [0, 0.1) is 5.41 Å². The van der Waals surface area contributed by atoms with Crippen LogP contribution in [-0.2, 0) is 0 Å². The van der Waals surface area contributed by atoms with Gasteiger partial charge in [-0.1, -0.05) is 13.8 Å². The molecule has 0 N–H and O–H groups in total. The summed E-state index contributed by atoms with van der Waals surface area (Å²) in [4.78, 5) is 2.25. The Kier molecular flexibility index (Phi) is 2.73. The molecule has 0 radical (unpaired) electrons. The lowest BCUT2D eigenvalue weighted by molar-refractivity contribution is -0.00112. The van der Waals surface area contributed by atoms with Crippen LogP contribution in [0.2, 0.25) is 0 Å². The van der Waals surface area contributed by atoms with Gasteiger partial charge in [-0.05, 0) is 32.6 Å². The summed E-state index contributed by atoms with van der Waals surface area (Å²) in [6.07, 6.45) is 0.0579. The number of hydrogen-bond acceptors (Lipinski definition) is 1. The van der Waals surface area contributed by atoms with Crippen LogP contribution in [0.3, 0.4) is 0 Å². The van der Waals surface area contributed by atoms with Gasteiger partial charge in [0.25, 0.3) is 0 Å². The summed E-state index contributed by atoms with van der Waals surface area (Å²) >= 11 is 0. The number of halogens is 1. The maximum Gasteiger partial charge on any atom is 0.113 e. The standard InChI is InChI=1S/C11H22FN/c1-10(2,3)13-7-9(12)6-11(4,5)8-13/h9H,6-8H2,1-5H3. The lowest BCUT2D eigenvalue weighted by Crippen LogP contribution is -2.53. The summed E-state index contributed by atoms with van der Waals surface area (Å²) in [7, 11) is 0. The van der Waals surface area contributed by atoms with Gasteiger partial charge in [-0.3, -0.25) is 4.90 Å². The number of hydrogen-bond donors (Lipinski definition) is 0. The highest BCUT2D eigenvalue weighted by atomic mass is 19.1. The third kappa shape index (κ3) is 2.94. The molecule has 13 heavy (non-hydrogen) atoms. The zero-order chi connectivity index (χ0) is 10.3. The smallest absolute Gasteiger partial charge is 0.113 e. The maximum absolute atomic E-state index is 13.4. The van der Waals surface area contributed by atoms with E-state index in [9.17, 15) is 4.39 Å². The van der Waals surface area contributed by atoms with E-state index in [1.165, 1.54) is 0 Å². The number of nitrogens with zero attached hydrogens (tertiary/aromatic N) is 1. The molecule has 1 unspecified atom stereocenters. The number of piperidine rings is 1. The van der Waals surface area contributed by atoms with Crippen molar-refractivity contribution in [3.63, 3.8) is 0 Å². The Morgan fingerprint density at radius 2 is 1.85 bits per heavy atom. The molecule has 1 atom stereocenters. The highest BCUT2D eigenvalue weighted by Gasteiger charge is 2.36. The van der Waals surface area contributed by atoms with Crippen LogP contribution < -0.4 is 0 Å². The third-order valence-electron chi connectivity index (χ3n) is 2.76. The van der Waals surface area contributed by atoms with Crippen LogP contribution in [0.15, 0.2) is 0 Å². The Labute approximate surface area is 81.3 Å². The van der Waals surface area contributed by atoms with Crippen molar-refractivity contribution in [3.05, 3.63) is 0 Å². The van der Waals surface area contributed by atoms with Gasteiger partial charge in [0.2, 0.25) is 0 Å². The van der Waals surface area contributed by atoms with Crippen molar-refractivity contribution in [1.29, 1.82) is 0 Å². The first-order chi connectivity index (χ1) is 5.71. The Morgan fingerprint density at radius 1 is 1.31 bits per heavy atom. The molecule has 1 rings (SSSR count). The van der Waals surface area contributed by atoms with Gasteiger partial charge in [0.15, 0.2) is 0 Å². The van der Waals surface area contributed by atoms with Crippen LogP contribution in [0.25, 0.3) is 0 Å². The molecule has 1 aliphatic heterocycles. The molecule has 0 aromatic carbocycles. The third-order valence-corrected chi connectivity index (χ3v) is 2.76. The quantitative estimate of drug-likeness (QED) is 0.563. The highest BCUT2D eigenvalue weighted by molar-refractivity contribution is 4.90. The number of alkyl halides is 1. The summed E-state index contributed by atoms with van der Waals surface area (Å²) in [5.74, 6) is 0. The van der Waals surface area contributed by atoms with Gasteiger partial charge in [-0.15, -0.1) is 0 Å². The second kappa shape index (κ2) is 3.23. The minimum atomic E-state index is -0.650. The molecule has 1 aliphatic rings. The van der Waals surface area contributed by atoms with Gasteiger partial charge in [0, 0.05) is 18.6 Å². The Morgan fingerprint density at radius 3 is 2.23 bits per heavy atom. The molecule has 0 amide bonds. The van der Waals surface area contributed by atoms with Crippen molar-refractivity contribution < 1.29 is 4.39 Å². The monoisotopic (exact) mass is 187 g/mol. The average molecular weight is 187 g/mol. The van der Waals surface area contributed by atoms with E-state index in [1.807, 2.05) is 0 Å². The minimum absolute atomic E-state index is 0.0992. The van der Waals surface area contributed by atoms with E-state index in [0.717, 1.165) is 6.54 Å². The summed E-state index contributed by atoms with van der Waals surface area (Å²) in [5, 5.41) is 0. The first-order valence-electron chi connectivity index (χ1n) is 5.10. The van der Waals surface area contributed by atoms with Crippen LogP contribution in [0.4, 0.5) is 4.39 Å². The van der Waals surface area contributed by atoms with E-state index in [1.54, 1.807) is 0 Å². The summed E-state index contributed by atoms with van der Waals surface area (Å²) in [5.41, 5.74) is 0.229. The SMILES string of the molecule is CC1(C)CC(F)CN(C(C)(C)C)C1. The number of likely N-dealkylation sites (tertiary alicyclic amines) is 1. The van der Waals surface area contributed by atoms with E-state index in [2.05, 4.69) is 39.5 Å².